The van der Waals surface area contributed by atoms with E-state index in [0.717, 1.165) is 11.1 Å². The second kappa shape index (κ2) is 14.6. The minimum absolute atomic E-state index is 0.151. The van der Waals surface area contributed by atoms with Crippen molar-refractivity contribution in [2.45, 2.75) is 78.7 Å². The molecule has 0 aliphatic carbocycles. The number of esters is 2. The van der Waals surface area contributed by atoms with Crippen molar-refractivity contribution in [2.75, 3.05) is 43.1 Å². The van der Waals surface area contributed by atoms with Crippen molar-refractivity contribution in [2.24, 2.45) is 7.05 Å². The number of alkyl carbamates (subject to hydrolysis) is 1. The van der Waals surface area contributed by atoms with Gasteiger partial charge in [-0.25, -0.2) is 19.4 Å². The van der Waals surface area contributed by atoms with Crippen molar-refractivity contribution >= 4 is 40.6 Å². The van der Waals surface area contributed by atoms with Gasteiger partial charge in [-0.1, -0.05) is 18.2 Å². The maximum absolute atomic E-state index is 13.5. The Morgan fingerprint density at radius 1 is 1.00 bits per heavy atom. The fourth-order valence-electron chi connectivity index (χ4n) is 5.24. The summed E-state index contributed by atoms with van der Waals surface area (Å²) in [6, 6.07) is 8.92. The number of fused-ring (bicyclic) bond motifs is 1. The first-order valence-corrected chi connectivity index (χ1v) is 16.0. The number of aryl methyl sites for hydroxylation is 1. The summed E-state index contributed by atoms with van der Waals surface area (Å²) in [4.78, 5) is 59.4. The molecule has 0 radical (unpaired) electrons. The lowest BCUT2D eigenvalue weighted by Gasteiger charge is -2.29. The van der Waals surface area contributed by atoms with Gasteiger partial charge in [0.1, 0.15) is 17.8 Å². The normalized spacial score (nSPS) is 15.0. The maximum atomic E-state index is 13.5. The molecule has 2 aromatic carbocycles. The highest BCUT2D eigenvalue weighted by Gasteiger charge is 2.31. The molecule has 0 saturated carbocycles. The van der Waals surface area contributed by atoms with E-state index in [2.05, 4.69) is 10.6 Å². The van der Waals surface area contributed by atoms with Gasteiger partial charge in [0, 0.05) is 31.4 Å². The third kappa shape index (κ3) is 9.24. The van der Waals surface area contributed by atoms with Crippen LogP contribution in [0.5, 0.6) is 0 Å². The third-order valence-electron chi connectivity index (χ3n) is 7.37. The van der Waals surface area contributed by atoms with Crippen LogP contribution < -0.4 is 21.1 Å². The Morgan fingerprint density at radius 2 is 1.65 bits per heavy atom. The zero-order chi connectivity index (χ0) is 35.4. The standard InChI is InChI=1S/C35H47N5O8/c1-21-18-24(28-25(19-21)29(41)39(9)32(38-28)40-14-16-45-17-15-40)22(2)36-26-13-11-10-12-23(26)30(42)46-20-27(31(43)47-34(3,4)5)37-33(44)48-35(6,7)8/h10-13,18-19,22,27,36H,14-17,20H2,1-9H3,(H,37,44)/t22-,27+/m1/s1. The van der Waals surface area contributed by atoms with Crippen molar-refractivity contribution in [3.8, 4) is 0 Å². The van der Waals surface area contributed by atoms with Crippen LogP contribution in [0.15, 0.2) is 41.2 Å². The summed E-state index contributed by atoms with van der Waals surface area (Å²) >= 11 is 0. The van der Waals surface area contributed by atoms with E-state index in [1.165, 1.54) is 0 Å². The summed E-state index contributed by atoms with van der Waals surface area (Å²) in [6.45, 7) is 15.9. The molecule has 260 valence electrons. The maximum Gasteiger partial charge on any atom is 0.408 e. The van der Waals surface area contributed by atoms with Crippen molar-refractivity contribution in [3.05, 3.63) is 63.4 Å². The molecule has 0 bridgehead atoms. The summed E-state index contributed by atoms with van der Waals surface area (Å²) in [7, 11) is 1.72. The first-order chi connectivity index (χ1) is 22.4. The van der Waals surface area contributed by atoms with Crippen molar-refractivity contribution in [1.82, 2.24) is 14.9 Å². The second-order valence-electron chi connectivity index (χ2n) is 13.9. The van der Waals surface area contributed by atoms with Crippen LogP contribution in [0.1, 0.15) is 76.0 Å². The van der Waals surface area contributed by atoms with E-state index in [4.69, 9.17) is 23.9 Å². The van der Waals surface area contributed by atoms with Crippen LogP contribution in [-0.4, -0.2) is 77.7 Å². The molecule has 2 atom stereocenters. The summed E-state index contributed by atoms with van der Waals surface area (Å²) in [6.07, 6.45) is -0.851. The van der Waals surface area contributed by atoms with Gasteiger partial charge in [-0.15, -0.1) is 0 Å². The lowest BCUT2D eigenvalue weighted by Crippen LogP contribution is -2.48. The van der Waals surface area contributed by atoms with E-state index in [9.17, 15) is 19.2 Å². The number of rotatable bonds is 9. The van der Waals surface area contributed by atoms with Gasteiger partial charge in [0.25, 0.3) is 5.56 Å². The summed E-state index contributed by atoms with van der Waals surface area (Å²) in [5, 5.41) is 6.35. The van der Waals surface area contributed by atoms with Crippen LogP contribution in [0.4, 0.5) is 16.4 Å². The number of ether oxygens (including phenoxy) is 4. The zero-order valence-corrected chi connectivity index (χ0v) is 29.3. The fraction of sp³-hybridized carbons (Fsp3) is 0.514. The SMILES string of the molecule is Cc1cc([C@@H](C)Nc2ccccc2C(=O)OC[C@H](NC(=O)OC(C)(C)C)C(=O)OC(C)(C)C)c2nc(N3CCOCC3)n(C)c(=O)c2c1. The Bertz CT molecular complexity index is 1720. The zero-order valence-electron chi connectivity index (χ0n) is 29.3. The number of carbonyl (C=O) groups excluding carboxylic acids is 3. The highest BCUT2D eigenvalue weighted by molar-refractivity contribution is 5.96. The smallest absolute Gasteiger partial charge is 0.408 e. The van der Waals surface area contributed by atoms with Crippen molar-refractivity contribution in [1.29, 1.82) is 0 Å². The second-order valence-corrected chi connectivity index (χ2v) is 13.9. The van der Waals surface area contributed by atoms with Crippen molar-refractivity contribution < 1.29 is 33.3 Å². The van der Waals surface area contributed by atoms with Gasteiger partial charge < -0.3 is 34.5 Å². The number of hydrogen-bond acceptors (Lipinski definition) is 11. The number of aromatic nitrogens is 2. The number of nitrogens with zero attached hydrogens (tertiary/aromatic N) is 3. The molecule has 1 fully saturated rings. The summed E-state index contributed by atoms with van der Waals surface area (Å²) in [5.74, 6) is -0.931. The highest BCUT2D eigenvalue weighted by Crippen LogP contribution is 2.29. The van der Waals surface area contributed by atoms with Gasteiger partial charge >= 0.3 is 18.0 Å². The van der Waals surface area contributed by atoms with Crippen LogP contribution in [-0.2, 0) is 30.8 Å². The van der Waals surface area contributed by atoms with Gasteiger partial charge in [-0.3, -0.25) is 9.36 Å². The van der Waals surface area contributed by atoms with Gasteiger partial charge in [-0.05, 0) is 79.2 Å². The molecule has 48 heavy (non-hydrogen) atoms. The van der Waals surface area contributed by atoms with Crippen LogP contribution in [0.3, 0.4) is 0 Å². The number of nitrogens with one attached hydrogen (secondary N) is 2. The number of hydrogen-bond donors (Lipinski definition) is 2. The van der Waals surface area contributed by atoms with Crippen molar-refractivity contribution in [3.63, 3.8) is 0 Å². The molecule has 13 nitrogen and oxygen atoms in total. The number of amides is 1. The lowest BCUT2D eigenvalue weighted by molar-refractivity contribution is -0.158. The van der Waals surface area contributed by atoms with E-state index in [-0.39, 0.29) is 17.2 Å². The molecule has 1 saturated heterocycles. The van der Waals surface area contributed by atoms with Gasteiger partial charge in [0.2, 0.25) is 5.95 Å². The van der Waals surface area contributed by atoms with E-state index in [0.29, 0.717) is 48.8 Å². The molecule has 2 heterocycles. The van der Waals surface area contributed by atoms with E-state index in [1.54, 1.807) is 77.4 Å². The van der Waals surface area contributed by atoms with E-state index in [1.807, 2.05) is 30.9 Å². The van der Waals surface area contributed by atoms with E-state index >= 15 is 0 Å². The predicted molar refractivity (Wildman–Crippen MR) is 183 cm³/mol. The van der Waals surface area contributed by atoms with Gasteiger partial charge in [0.05, 0.1) is 35.7 Å². The Hall–Kier alpha value is -4.65. The number of para-hydroxylation sites is 1. The quantitative estimate of drug-likeness (QED) is 0.243. The molecule has 4 rings (SSSR count). The topological polar surface area (TPSA) is 150 Å². The largest absolute Gasteiger partial charge is 0.459 e. The molecule has 3 aromatic rings. The molecule has 0 spiro atoms. The van der Waals surface area contributed by atoms with E-state index < -0.39 is 41.9 Å². The Morgan fingerprint density at radius 3 is 2.29 bits per heavy atom. The summed E-state index contributed by atoms with van der Waals surface area (Å²) < 4.78 is 23.4. The molecule has 13 heteroatoms. The fourth-order valence-corrected chi connectivity index (χ4v) is 5.24. The van der Waals surface area contributed by atoms with Gasteiger partial charge in [0.15, 0.2) is 6.04 Å². The minimum Gasteiger partial charge on any atom is -0.459 e. The Labute approximate surface area is 280 Å². The lowest BCUT2D eigenvalue weighted by atomic mass is 10.0. The number of anilines is 2. The van der Waals surface area contributed by atoms with Crippen LogP contribution >= 0.6 is 0 Å². The summed E-state index contributed by atoms with van der Waals surface area (Å²) in [5.41, 5.74) is 1.12. The molecule has 2 N–H and O–H groups in total. The minimum atomic E-state index is -1.31. The first-order valence-electron chi connectivity index (χ1n) is 16.0. The molecule has 1 amide bonds. The molecule has 1 aliphatic heterocycles. The van der Waals surface area contributed by atoms with Gasteiger partial charge in [-0.2, -0.15) is 0 Å². The number of benzene rings is 2. The molecule has 1 aromatic heterocycles. The molecule has 0 unspecified atom stereocenters. The molecular formula is C35H47N5O8. The average Bonchev–Trinajstić information content (AvgIpc) is 2.99. The molecule has 1 aliphatic rings. The van der Waals surface area contributed by atoms with Crippen LogP contribution in [0, 0.1) is 6.92 Å². The number of morpholine rings is 1. The predicted octanol–water partition coefficient (Wildman–Crippen LogP) is 4.64. The number of carbonyl (C=O) groups is 3. The third-order valence-corrected chi connectivity index (χ3v) is 7.37. The van der Waals surface area contributed by atoms with Crippen LogP contribution in [0.25, 0.3) is 10.9 Å². The molecular weight excluding hydrogens is 618 g/mol. The monoisotopic (exact) mass is 665 g/mol. The first kappa shape index (κ1) is 36.2. The van der Waals surface area contributed by atoms with Crippen LogP contribution in [0.2, 0.25) is 0 Å². The Balaban J connectivity index is 1.59. The Kier molecular flexibility index (Phi) is 11.0. The highest BCUT2D eigenvalue weighted by atomic mass is 16.6. The average molecular weight is 666 g/mol.